The van der Waals surface area contributed by atoms with E-state index in [1.165, 1.54) is 5.56 Å². The van der Waals surface area contributed by atoms with Crippen LogP contribution in [-0.4, -0.2) is 62.8 Å². The van der Waals surface area contributed by atoms with E-state index in [4.69, 9.17) is 9.47 Å². The maximum Gasteiger partial charge on any atom is 0.191 e. The van der Waals surface area contributed by atoms with Crippen molar-refractivity contribution in [3.63, 3.8) is 0 Å². The Morgan fingerprint density at radius 2 is 1.96 bits per heavy atom. The Bertz CT molecular complexity index is 730. The molecule has 0 bridgehead atoms. The molecule has 3 rings (SSSR count). The molecular weight excluding hydrogens is 354 g/mol. The van der Waals surface area contributed by atoms with Gasteiger partial charge in [0.1, 0.15) is 5.75 Å². The van der Waals surface area contributed by atoms with E-state index >= 15 is 0 Å². The van der Waals surface area contributed by atoms with Crippen molar-refractivity contribution in [3.8, 4) is 5.75 Å². The highest BCUT2D eigenvalue weighted by molar-refractivity contribution is 5.79. The van der Waals surface area contributed by atoms with Crippen LogP contribution in [0.15, 0.2) is 53.7 Å². The molecule has 1 fully saturated rings. The monoisotopic (exact) mass is 383 g/mol. The first-order valence-electron chi connectivity index (χ1n) is 9.60. The van der Waals surface area contributed by atoms with Gasteiger partial charge in [0, 0.05) is 32.9 Å². The van der Waals surface area contributed by atoms with Crippen LogP contribution in [0.4, 0.5) is 0 Å². The van der Waals surface area contributed by atoms with E-state index in [0.717, 1.165) is 50.3 Å². The van der Waals surface area contributed by atoms with E-state index in [-0.39, 0.29) is 6.04 Å². The number of nitrogens with one attached hydrogen (secondary N) is 2. The zero-order valence-electron chi connectivity index (χ0n) is 16.6. The van der Waals surface area contributed by atoms with Crippen LogP contribution in [0.3, 0.4) is 0 Å². The second-order valence-corrected chi connectivity index (χ2v) is 6.57. The summed E-state index contributed by atoms with van der Waals surface area (Å²) in [6, 6.07) is 14.4. The van der Waals surface area contributed by atoms with Gasteiger partial charge in [-0.25, -0.2) is 0 Å². The van der Waals surface area contributed by atoms with Crippen LogP contribution in [0.1, 0.15) is 17.3 Å². The highest BCUT2D eigenvalue weighted by Crippen LogP contribution is 2.23. The third kappa shape index (κ3) is 5.68. The number of nitrogens with zero attached hydrogens (tertiary/aromatic N) is 3. The van der Waals surface area contributed by atoms with Gasteiger partial charge in [0.25, 0.3) is 0 Å². The van der Waals surface area contributed by atoms with E-state index in [0.29, 0.717) is 6.54 Å². The number of hydrogen-bond acceptors (Lipinski definition) is 5. The zero-order valence-corrected chi connectivity index (χ0v) is 16.6. The number of aromatic nitrogens is 1. The summed E-state index contributed by atoms with van der Waals surface area (Å²) in [4.78, 5) is 11.1. The molecule has 2 N–H and O–H groups in total. The normalized spacial score (nSPS) is 16.4. The lowest BCUT2D eigenvalue weighted by Crippen LogP contribution is -2.46. The summed E-state index contributed by atoms with van der Waals surface area (Å²) < 4.78 is 10.8. The van der Waals surface area contributed by atoms with Gasteiger partial charge in [-0.3, -0.25) is 14.9 Å². The van der Waals surface area contributed by atoms with Crippen molar-refractivity contribution in [1.29, 1.82) is 0 Å². The third-order valence-electron chi connectivity index (χ3n) is 4.84. The van der Waals surface area contributed by atoms with Gasteiger partial charge in [0.05, 0.1) is 38.6 Å². The lowest BCUT2D eigenvalue weighted by Gasteiger charge is -2.35. The van der Waals surface area contributed by atoms with Crippen molar-refractivity contribution < 1.29 is 9.47 Å². The Hall–Kier alpha value is -2.64. The first kappa shape index (κ1) is 20.1. The third-order valence-corrected chi connectivity index (χ3v) is 4.84. The van der Waals surface area contributed by atoms with E-state index in [1.807, 2.05) is 30.3 Å². The van der Waals surface area contributed by atoms with Crippen molar-refractivity contribution >= 4 is 5.96 Å². The van der Waals surface area contributed by atoms with Crippen molar-refractivity contribution in [1.82, 2.24) is 20.5 Å². The fourth-order valence-corrected chi connectivity index (χ4v) is 3.26. The topological polar surface area (TPSA) is 71.0 Å². The van der Waals surface area contributed by atoms with Crippen molar-refractivity contribution in [2.45, 2.75) is 12.6 Å². The van der Waals surface area contributed by atoms with E-state index in [2.05, 4.69) is 37.6 Å². The molecule has 1 aliphatic heterocycles. The molecule has 1 atom stereocenters. The Morgan fingerprint density at radius 3 is 2.61 bits per heavy atom. The SMILES string of the molecule is CN=C(NCc1ccccn1)NCC(c1ccc(OC)cc1)N1CCOCC1. The number of pyridine rings is 1. The number of benzene rings is 1. The van der Waals surface area contributed by atoms with Gasteiger partial charge in [-0.1, -0.05) is 18.2 Å². The van der Waals surface area contributed by atoms with Gasteiger partial charge in [-0.2, -0.15) is 0 Å². The number of ether oxygens (including phenoxy) is 2. The summed E-state index contributed by atoms with van der Waals surface area (Å²) in [5.41, 5.74) is 2.22. The number of morpholine rings is 1. The second-order valence-electron chi connectivity index (χ2n) is 6.57. The lowest BCUT2D eigenvalue weighted by molar-refractivity contribution is 0.0170. The van der Waals surface area contributed by atoms with Crippen molar-refractivity contribution in [3.05, 3.63) is 59.9 Å². The number of aliphatic imine (C=N–C) groups is 1. The van der Waals surface area contributed by atoms with Crippen LogP contribution in [0.25, 0.3) is 0 Å². The fourth-order valence-electron chi connectivity index (χ4n) is 3.26. The highest BCUT2D eigenvalue weighted by atomic mass is 16.5. The predicted molar refractivity (Wildman–Crippen MR) is 111 cm³/mol. The van der Waals surface area contributed by atoms with Gasteiger partial charge in [0.15, 0.2) is 5.96 Å². The molecule has 1 unspecified atom stereocenters. The smallest absolute Gasteiger partial charge is 0.191 e. The molecule has 0 spiro atoms. The molecule has 0 saturated carbocycles. The lowest BCUT2D eigenvalue weighted by atomic mass is 10.0. The van der Waals surface area contributed by atoms with Crippen LogP contribution < -0.4 is 15.4 Å². The molecule has 1 aromatic carbocycles. The first-order valence-corrected chi connectivity index (χ1v) is 9.60. The Morgan fingerprint density at radius 1 is 1.18 bits per heavy atom. The van der Waals surface area contributed by atoms with Gasteiger partial charge in [0.2, 0.25) is 0 Å². The summed E-state index contributed by atoms with van der Waals surface area (Å²) in [6.07, 6.45) is 1.80. The Labute approximate surface area is 166 Å². The minimum Gasteiger partial charge on any atom is -0.497 e. The standard InChI is InChI=1S/C21H29N5O2/c1-22-21(24-15-18-5-3-4-10-23-18)25-16-20(26-11-13-28-14-12-26)17-6-8-19(27-2)9-7-17/h3-10,20H,11-16H2,1-2H3,(H2,22,24,25). The number of guanidine groups is 1. The molecule has 2 heterocycles. The minimum absolute atomic E-state index is 0.225. The fraction of sp³-hybridized carbons (Fsp3) is 0.429. The molecule has 150 valence electrons. The molecule has 1 aromatic heterocycles. The summed E-state index contributed by atoms with van der Waals surface area (Å²) in [7, 11) is 3.47. The first-order chi connectivity index (χ1) is 13.8. The van der Waals surface area contributed by atoms with Gasteiger partial charge in [-0.05, 0) is 29.8 Å². The van der Waals surface area contributed by atoms with Crippen LogP contribution in [0.2, 0.25) is 0 Å². The Balaban J connectivity index is 1.64. The average molecular weight is 383 g/mol. The van der Waals surface area contributed by atoms with E-state index < -0.39 is 0 Å². The number of rotatable bonds is 7. The van der Waals surface area contributed by atoms with Crippen LogP contribution in [0, 0.1) is 0 Å². The van der Waals surface area contributed by atoms with Crippen molar-refractivity contribution in [2.24, 2.45) is 4.99 Å². The minimum atomic E-state index is 0.225. The molecule has 1 saturated heterocycles. The van der Waals surface area contributed by atoms with Crippen molar-refractivity contribution in [2.75, 3.05) is 47.0 Å². The molecule has 7 heteroatoms. The summed E-state index contributed by atoms with van der Waals surface area (Å²) >= 11 is 0. The molecule has 2 aromatic rings. The second kappa shape index (κ2) is 10.6. The summed E-state index contributed by atoms with van der Waals surface area (Å²) in [5.74, 6) is 1.63. The van der Waals surface area contributed by atoms with E-state index in [9.17, 15) is 0 Å². The molecule has 7 nitrogen and oxygen atoms in total. The highest BCUT2D eigenvalue weighted by Gasteiger charge is 2.23. The van der Waals surface area contributed by atoms with Gasteiger partial charge >= 0.3 is 0 Å². The average Bonchev–Trinajstić information content (AvgIpc) is 2.78. The predicted octanol–water partition coefficient (Wildman–Crippen LogP) is 1.83. The van der Waals surface area contributed by atoms with Crippen LogP contribution in [-0.2, 0) is 11.3 Å². The van der Waals surface area contributed by atoms with Crippen LogP contribution in [0.5, 0.6) is 5.75 Å². The number of hydrogen-bond donors (Lipinski definition) is 2. The molecule has 1 aliphatic rings. The maximum atomic E-state index is 5.53. The quantitative estimate of drug-likeness (QED) is 0.562. The molecule has 28 heavy (non-hydrogen) atoms. The molecule has 0 radical (unpaired) electrons. The van der Waals surface area contributed by atoms with E-state index in [1.54, 1.807) is 20.4 Å². The number of methoxy groups -OCH3 is 1. The Kier molecular flexibility index (Phi) is 7.63. The van der Waals surface area contributed by atoms with Gasteiger partial charge < -0.3 is 20.1 Å². The largest absolute Gasteiger partial charge is 0.497 e. The molecule has 0 aliphatic carbocycles. The van der Waals surface area contributed by atoms with Crippen LogP contribution >= 0.6 is 0 Å². The molecular formula is C21H29N5O2. The summed E-state index contributed by atoms with van der Waals surface area (Å²) in [6.45, 7) is 4.73. The maximum absolute atomic E-state index is 5.53. The zero-order chi connectivity index (χ0) is 19.6. The van der Waals surface area contributed by atoms with Gasteiger partial charge in [-0.15, -0.1) is 0 Å². The summed E-state index contributed by atoms with van der Waals surface area (Å²) in [5, 5.41) is 6.79. The molecule has 0 amide bonds.